The number of rotatable bonds is 6. The first kappa shape index (κ1) is 13.9. The molecule has 0 saturated carbocycles. The van der Waals surface area contributed by atoms with Gasteiger partial charge in [0.15, 0.2) is 0 Å². The van der Waals surface area contributed by atoms with Gasteiger partial charge in [-0.25, -0.2) is 0 Å². The van der Waals surface area contributed by atoms with Crippen LogP contribution in [-0.4, -0.2) is 19.0 Å². The molecule has 2 rings (SSSR count). The summed E-state index contributed by atoms with van der Waals surface area (Å²) in [5, 5.41) is 0.882. The highest BCUT2D eigenvalue weighted by Gasteiger charge is 2.10. The molecule has 2 nitrogen and oxygen atoms in total. The molecule has 0 fully saturated rings. The Balaban J connectivity index is 1.96. The highest BCUT2D eigenvalue weighted by molar-refractivity contribution is 9.09. The Hall–Kier alpha value is -1.48. The molecule has 0 N–H and O–H groups in total. The maximum Gasteiger partial charge on any atom is 0.119 e. The van der Waals surface area contributed by atoms with Crippen LogP contribution >= 0.6 is 15.9 Å². The third-order valence-electron chi connectivity index (χ3n) is 2.97. The molecule has 0 aliphatic heterocycles. The molecule has 0 bridgehead atoms. The molecule has 0 heterocycles. The minimum atomic E-state index is 0.350. The van der Waals surface area contributed by atoms with E-state index in [0.29, 0.717) is 12.5 Å². The number of hydrogen-bond donors (Lipinski definition) is 0. The number of benzene rings is 2. The fourth-order valence-corrected chi connectivity index (χ4v) is 2.38. The average Bonchev–Trinajstić information content (AvgIpc) is 2.49. The van der Waals surface area contributed by atoms with E-state index < -0.39 is 0 Å². The van der Waals surface area contributed by atoms with Gasteiger partial charge >= 0.3 is 0 Å². The third-order valence-corrected chi connectivity index (χ3v) is 3.75. The molecule has 100 valence electrons. The van der Waals surface area contributed by atoms with Crippen molar-refractivity contribution in [1.29, 1.82) is 0 Å². The summed E-state index contributed by atoms with van der Waals surface area (Å²) < 4.78 is 10.9. The van der Waals surface area contributed by atoms with E-state index >= 15 is 0 Å². The summed E-state index contributed by atoms with van der Waals surface area (Å²) >= 11 is 3.55. The van der Waals surface area contributed by atoms with Gasteiger partial charge in [-0.15, -0.1) is 0 Å². The summed E-state index contributed by atoms with van der Waals surface area (Å²) in [6.45, 7) is 0.654. The molecule has 0 spiro atoms. The van der Waals surface area contributed by atoms with Gasteiger partial charge in [-0.2, -0.15) is 0 Å². The first-order valence-corrected chi connectivity index (χ1v) is 7.33. The highest BCUT2D eigenvalue weighted by atomic mass is 79.9. The molecule has 0 amide bonds. The fourth-order valence-electron chi connectivity index (χ4n) is 1.82. The lowest BCUT2D eigenvalue weighted by atomic mass is 10.0. The lowest BCUT2D eigenvalue weighted by molar-refractivity contribution is 0.297. The lowest BCUT2D eigenvalue weighted by Gasteiger charge is -2.15. The van der Waals surface area contributed by atoms with Crippen molar-refractivity contribution in [3.05, 3.63) is 60.2 Å². The van der Waals surface area contributed by atoms with Crippen molar-refractivity contribution in [2.45, 2.75) is 5.92 Å². The van der Waals surface area contributed by atoms with Crippen molar-refractivity contribution in [3.63, 3.8) is 0 Å². The van der Waals surface area contributed by atoms with E-state index in [1.54, 1.807) is 7.11 Å². The summed E-state index contributed by atoms with van der Waals surface area (Å²) in [5.74, 6) is 2.05. The van der Waals surface area contributed by atoms with Crippen molar-refractivity contribution in [1.82, 2.24) is 0 Å². The van der Waals surface area contributed by atoms with E-state index in [9.17, 15) is 0 Å². The maximum absolute atomic E-state index is 5.83. The number of hydrogen-bond acceptors (Lipinski definition) is 2. The molecule has 0 saturated heterocycles. The number of ether oxygens (including phenoxy) is 2. The summed E-state index contributed by atoms with van der Waals surface area (Å²) in [4.78, 5) is 0. The standard InChI is InChI=1S/C16H17BrO2/c1-18-15-7-9-16(10-8-15)19-12-14(11-17)13-5-3-2-4-6-13/h2-10,14H,11-12H2,1H3. The highest BCUT2D eigenvalue weighted by Crippen LogP contribution is 2.22. The molecule has 19 heavy (non-hydrogen) atoms. The van der Waals surface area contributed by atoms with E-state index in [2.05, 4.69) is 40.2 Å². The molecule has 2 aromatic rings. The number of halogens is 1. The second-order valence-electron chi connectivity index (χ2n) is 4.25. The quantitative estimate of drug-likeness (QED) is 0.741. The van der Waals surface area contributed by atoms with Crippen LogP contribution in [0, 0.1) is 0 Å². The lowest BCUT2D eigenvalue weighted by Crippen LogP contribution is -2.11. The Morgan fingerprint density at radius 2 is 1.58 bits per heavy atom. The SMILES string of the molecule is COc1ccc(OCC(CBr)c2ccccc2)cc1. The largest absolute Gasteiger partial charge is 0.497 e. The van der Waals surface area contributed by atoms with Crippen LogP contribution in [0.15, 0.2) is 54.6 Å². The predicted octanol–water partition coefficient (Wildman–Crippen LogP) is 4.25. The average molecular weight is 321 g/mol. The van der Waals surface area contributed by atoms with Gasteiger partial charge < -0.3 is 9.47 Å². The Bertz CT molecular complexity index is 482. The van der Waals surface area contributed by atoms with Crippen LogP contribution in [-0.2, 0) is 0 Å². The van der Waals surface area contributed by atoms with E-state index in [-0.39, 0.29) is 0 Å². The van der Waals surface area contributed by atoms with Gasteiger partial charge in [0.05, 0.1) is 13.7 Å². The van der Waals surface area contributed by atoms with Gasteiger partial charge in [-0.1, -0.05) is 46.3 Å². The normalized spacial score (nSPS) is 11.9. The topological polar surface area (TPSA) is 18.5 Å². The van der Waals surface area contributed by atoms with Crippen molar-refractivity contribution < 1.29 is 9.47 Å². The molecule has 0 aromatic heterocycles. The van der Waals surface area contributed by atoms with E-state index in [1.165, 1.54) is 5.56 Å². The molecule has 0 radical (unpaired) electrons. The number of alkyl halides is 1. The van der Waals surface area contributed by atoms with E-state index in [1.807, 2.05) is 30.3 Å². The molecule has 3 heteroatoms. The van der Waals surface area contributed by atoms with Crippen LogP contribution in [0.1, 0.15) is 11.5 Å². The first-order valence-electron chi connectivity index (χ1n) is 6.21. The molecule has 0 aliphatic rings. The molecule has 0 aliphatic carbocycles. The fraction of sp³-hybridized carbons (Fsp3) is 0.250. The van der Waals surface area contributed by atoms with Gasteiger partial charge in [0.25, 0.3) is 0 Å². The van der Waals surface area contributed by atoms with Gasteiger partial charge in [0.2, 0.25) is 0 Å². The predicted molar refractivity (Wildman–Crippen MR) is 81.5 cm³/mol. The van der Waals surface area contributed by atoms with Gasteiger partial charge in [-0.05, 0) is 29.8 Å². The van der Waals surface area contributed by atoms with Crippen molar-refractivity contribution in [3.8, 4) is 11.5 Å². The Kier molecular flexibility index (Phi) is 5.28. The van der Waals surface area contributed by atoms with Crippen LogP contribution in [0.2, 0.25) is 0 Å². The van der Waals surface area contributed by atoms with Crippen LogP contribution in [0.4, 0.5) is 0 Å². The van der Waals surface area contributed by atoms with Crippen LogP contribution < -0.4 is 9.47 Å². The second kappa shape index (κ2) is 7.19. The molecule has 2 aromatic carbocycles. The molecular formula is C16H17BrO2. The molecule has 1 atom stereocenters. The third kappa shape index (κ3) is 4.00. The zero-order chi connectivity index (χ0) is 13.5. The molecule has 1 unspecified atom stereocenters. The Morgan fingerprint density at radius 3 is 2.16 bits per heavy atom. The second-order valence-corrected chi connectivity index (χ2v) is 4.90. The van der Waals surface area contributed by atoms with Crippen LogP contribution in [0.25, 0.3) is 0 Å². The minimum absolute atomic E-state index is 0.350. The van der Waals surface area contributed by atoms with Crippen molar-refractivity contribution in [2.75, 3.05) is 19.0 Å². The van der Waals surface area contributed by atoms with Gasteiger partial charge in [-0.3, -0.25) is 0 Å². The molecular weight excluding hydrogens is 304 g/mol. The zero-order valence-electron chi connectivity index (χ0n) is 10.9. The summed E-state index contributed by atoms with van der Waals surface area (Å²) in [6.07, 6.45) is 0. The van der Waals surface area contributed by atoms with Gasteiger partial charge in [0, 0.05) is 11.2 Å². The van der Waals surface area contributed by atoms with E-state index in [0.717, 1.165) is 16.8 Å². The number of methoxy groups -OCH3 is 1. The van der Waals surface area contributed by atoms with Crippen molar-refractivity contribution >= 4 is 15.9 Å². The smallest absolute Gasteiger partial charge is 0.119 e. The Labute approximate surface area is 122 Å². The van der Waals surface area contributed by atoms with Crippen LogP contribution in [0.3, 0.4) is 0 Å². The Morgan fingerprint density at radius 1 is 0.947 bits per heavy atom. The zero-order valence-corrected chi connectivity index (χ0v) is 12.5. The first-order chi connectivity index (χ1) is 9.33. The summed E-state index contributed by atoms with van der Waals surface area (Å²) in [6, 6.07) is 18.1. The summed E-state index contributed by atoms with van der Waals surface area (Å²) in [5.41, 5.74) is 1.29. The van der Waals surface area contributed by atoms with Crippen molar-refractivity contribution in [2.24, 2.45) is 0 Å². The summed E-state index contributed by atoms with van der Waals surface area (Å²) in [7, 11) is 1.66. The van der Waals surface area contributed by atoms with E-state index in [4.69, 9.17) is 9.47 Å². The van der Waals surface area contributed by atoms with Gasteiger partial charge in [0.1, 0.15) is 11.5 Å². The minimum Gasteiger partial charge on any atom is -0.497 e. The van der Waals surface area contributed by atoms with Crippen LogP contribution in [0.5, 0.6) is 11.5 Å². The maximum atomic E-state index is 5.83. The monoisotopic (exact) mass is 320 g/mol.